The van der Waals surface area contributed by atoms with Gasteiger partial charge in [-0.05, 0) is 6.08 Å². The molecule has 4 nitrogen and oxygen atoms in total. The third-order valence-electron chi connectivity index (χ3n) is 2.05. The van der Waals surface area contributed by atoms with Gasteiger partial charge in [-0.3, -0.25) is 4.79 Å². The average Bonchev–Trinajstić information content (AvgIpc) is 2.16. The van der Waals surface area contributed by atoms with E-state index in [1.54, 1.807) is 19.1 Å². The number of ether oxygens (including phenoxy) is 2. The van der Waals surface area contributed by atoms with Gasteiger partial charge in [-0.25, -0.2) is 0 Å². The number of hydrogen-bond acceptors (Lipinski definition) is 3. The normalized spacial score (nSPS) is 17.2. The molecule has 1 heterocycles. The van der Waals surface area contributed by atoms with Crippen molar-refractivity contribution in [2.24, 2.45) is 0 Å². The number of carbonyl (C=O) groups is 1. The second-order valence-electron chi connectivity index (χ2n) is 2.88. The molecule has 0 bridgehead atoms. The van der Waals surface area contributed by atoms with E-state index in [1.165, 1.54) is 0 Å². The molecule has 0 fully saturated rings. The minimum atomic E-state index is 0.108. The van der Waals surface area contributed by atoms with Crippen LogP contribution in [0.3, 0.4) is 0 Å². The molecule has 1 aliphatic rings. The summed E-state index contributed by atoms with van der Waals surface area (Å²) in [5.41, 5.74) is 0. The summed E-state index contributed by atoms with van der Waals surface area (Å²) in [5, 5.41) is 0. The minimum Gasteiger partial charge on any atom is -0.501 e. The van der Waals surface area contributed by atoms with Gasteiger partial charge in [0.2, 0.25) is 5.91 Å². The Kier molecular flexibility index (Phi) is 3.76. The Bertz CT molecular complexity index is 213. The quantitative estimate of drug-likeness (QED) is 0.636. The maximum absolute atomic E-state index is 11.4. The van der Waals surface area contributed by atoms with Crippen molar-refractivity contribution in [3.8, 4) is 0 Å². The molecule has 1 rings (SSSR count). The van der Waals surface area contributed by atoms with Crippen LogP contribution in [0.1, 0.15) is 6.42 Å². The van der Waals surface area contributed by atoms with Crippen molar-refractivity contribution in [2.45, 2.75) is 6.42 Å². The molecule has 0 aromatic heterocycles. The molecule has 0 atom stereocenters. The number of amides is 1. The summed E-state index contributed by atoms with van der Waals surface area (Å²) in [6, 6.07) is 0. The van der Waals surface area contributed by atoms with Crippen LogP contribution in [0.5, 0.6) is 0 Å². The van der Waals surface area contributed by atoms with Crippen LogP contribution in [0.25, 0.3) is 0 Å². The van der Waals surface area contributed by atoms with E-state index >= 15 is 0 Å². The van der Waals surface area contributed by atoms with Gasteiger partial charge in [0.05, 0.1) is 20.1 Å². The van der Waals surface area contributed by atoms with Crippen LogP contribution in [-0.2, 0) is 14.3 Å². The Balaban J connectivity index is 2.43. The lowest BCUT2D eigenvalue weighted by Gasteiger charge is -2.25. The summed E-state index contributed by atoms with van der Waals surface area (Å²) < 4.78 is 9.90. The molecule has 0 spiro atoms. The van der Waals surface area contributed by atoms with Crippen molar-refractivity contribution in [1.29, 1.82) is 0 Å². The van der Waals surface area contributed by atoms with E-state index in [0.717, 1.165) is 5.76 Å². The summed E-state index contributed by atoms with van der Waals surface area (Å²) in [7, 11) is 3.22. The van der Waals surface area contributed by atoms with Gasteiger partial charge in [0.15, 0.2) is 0 Å². The first-order valence-electron chi connectivity index (χ1n) is 4.27. The van der Waals surface area contributed by atoms with Crippen LogP contribution in [0.2, 0.25) is 0 Å². The Morgan fingerprint density at radius 3 is 2.85 bits per heavy atom. The number of rotatable bonds is 4. The SMILES string of the molecule is COCCN1CC=C(OC)CC1=O. The van der Waals surface area contributed by atoms with Crippen LogP contribution >= 0.6 is 0 Å². The second kappa shape index (κ2) is 4.87. The monoisotopic (exact) mass is 185 g/mol. The van der Waals surface area contributed by atoms with Gasteiger partial charge in [-0.15, -0.1) is 0 Å². The van der Waals surface area contributed by atoms with E-state index in [9.17, 15) is 4.79 Å². The standard InChI is InChI=1S/C9H15NO3/c1-12-6-5-10-4-3-8(13-2)7-9(10)11/h3H,4-7H2,1-2H3. The lowest BCUT2D eigenvalue weighted by Crippen LogP contribution is -2.37. The van der Waals surface area contributed by atoms with E-state index in [2.05, 4.69) is 0 Å². The minimum absolute atomic E-state index is 0.108. The van der Waals surface area contributed by atoms with Gasteiger partial charge in [0, 0.05) is 20.2 Å². The molecule has 0 unspecified atom stereocenters. The highest BCUT2D eigenvalue weighted by atomic mass is 16.5. The third kappa shape index (κ3) is 2.73. The summed E-state index contributed by atoms with van der Waals surface area (Å²) in [4.78, 5) is 13.2. The molecule has 0 radical (unpaired) electrons. The van der Waals surface area contributed by atoms with Crippen molar-refractivity contribution in [1.82, 2.24) is 4.90 Å². The predicted octanol–water partition coefficient (Wildman–Crippen LogP) is 0.395. The summed E-state index contributed by atoms with van der Waals surface area (Å²) in [6.07, 6.45) is 2.30. The Morgan fingerprint density at radius 1 is 1.54 bits per heavy atom. The van der Waals surface area contributed by atoms with Crippen LogP contribution in [0, 0.1) is 0 Å². The Hall–Kier alpha value is -1.03. The van der Waals surface area contributed by atoms with E-state index in [4.69, 9.17) is 9.47 Å². The molecule has 13 heavy (non-hydrogen) atoms. The van der Waals surface area contributed by atoms with Crippen LogP contribution in [0.15, 0.2) is 11.8 Å². The molecule has 0 aromatic carbocycles. The van der Waals surface area contributed by atoms with Crippen molar-refractivity contribution in [3.63, 3.8) is 0 Å². The van der Waals surface area contributed by atoms with Gasteiger partial charge in [0.25, 0.3) is 0 Å². The molecule has 0 saturated heterocycles. The predicted molar refractivity (Wildman–Crippen MR) is 48.2 cm³/mol. The average molecular weight is 185 g/mol. The van der Waals surface area contributed by atoms with Gasteiger partial charge >= 0.3 is 0 Å². The van der Waals surface area contributed by atoms with Crippen molar-refractivity contribution >= 4 is 5.91 Å². The highest BCUT2D eigenvalue weighted by Gasteiger charge is 2.19. The summed E-state index contributed by atoms with van der Waals surface area (Å²) >= 11 is 0. The number of methoxy groups -OCH3 is 2. The smallest absolute Gasteiger partial charge is 0.230 e. The molecule has 0 saturated carbocycles. The van der Waals surface area contributed by atoms with Gasteiger partial charge in [0.1, 0.15) is 5.76 Å². The third-order valence-corrected chi connectivity index (χ3v) is 2.05. The number of hydrogen-bond donors (Lipinski definition) is 0. The zero-order valence-corrected chi connectivity index (χ0v) is 8.08. The molecular formula is C9H15NO3. The maximum atomic E-state index is 11.4. The van der Waals surface area contributed by atoms with Gasteiger partial charge in [-0.1, -0.05) is 0 Å². The van der Waals surface area contributed by atoms with Crippen molar-refractivity contribution in [3.05, 3.63) is 11.8 Å². The maximum Gasteiger partial charge on any atom is 0.230 e. The number of carbonyl (C=O) groups excluding carboxylic acids is 1. The molecule has 4 heteroatoms. The van der Waals surface area contributed by atoms with E-state index < -0.39 is 0 Å². The molecule has 0 aliphatic carbocycles. The summed E-state index contributed by atoms with van der Waals surface area (Å²) in [5.74, 6) is 0.870. The zero-order chi connectivity index (χ0) is 9.68. The van der Waals surface area contributed by atoms with E-state index in [0.29, 0.717) is 26.1 Å². The van der Waals surface area contributed by atoms with E-state index in [-0.39, 0.29) is 5.91 Å². The molecule has 0 N–H and O–H groups in total. The van der Waals surface area contributed by atoms with Crippen LogP contribution in [-0.4, -0.2) is 44.7 Å². The fraction of sp³-hybridized carbons (Fsp3) is 0.667. The second-order valence-corrected chi connectivity index (χ2v) is 2.88. The van der Waals surface area contributed by atoms with Gasteiger partial charge in [-0.2, -0.15) is 0 Å². The van der Waals surface area contributed by atoms with E-state index in [1.807, 2.05) is 6.08 Å². The van der Waals surface area contributed by atoms with Crippen molar-refractivity contribution < 1.29 is 14.3 Å². The van der Waals surface area contributed by atoms with Crippen molar-refractivity contribution in [2.75, 3.05) is 33.9 Å². The molecule has 1 aliphatic heterocycles. The lowest BCUT2D eigenvalue weighted by molar-refractivity contribution is -0.132. The van der Waals surface area contributed by atoms with Crippen LogP contribution < -0.4 is 0 Å². The zero-order valence-electron chi connectivity index (χ0n) is 8.08. The van der Waals surface area contributed by atoms with Gasteiger partial charge < -0.3 is 14.4 Å². The fourth-order valence-electron chi connectivity index (χ4n) is 1.22. The summed E-state index contributed by atoms with van der Waals surface area (Å²) in [6.45, 7) is 1.87. The number of nitrogens with zero attached hydrogens (tertiary/aromatic N) is 1. The molecule has 0 aromatic rings. The topological polar surface area (TPSA) is 38.8 Å². The Morgan fingerprint density at radius 2 is 2.31 bits per heavy atom. The lowest BCUT2D eigenvalue weighted by atomic mass is 10.2. The van der Waals surface area contributed by atoms with Crippen LogP contribution in [0.4, 0.5) is 0 Å². The Labute approximate surface area is 78.1 Å². The highest BCUT2D eigenvalue weighted by Crippen LogP contribution is 2.11. The molecular weight excluding hydrogens is 170 g/mol. The highest BCUT2D eigenvalue weighted by molar-refractivity contribution is 5.79. The first kappa shape index (κ1) is 10.1. The molecule has 74 valence electrons. The fourth-order valence-corrected chi connectivity index (χ4v) is 1.22. The molecule has 1 amide bonds. The first-order chi connectivity index (χ1) is 6.27. The largest absolute Gasteiger partial charge is 0.501 e. The first-order valence-corrected chi connectivity index (χ1v) is 4.27.